The molecule has 9 nitrogen and oxygen atoms in total. The first-order valence-electron chi connectivity index (χ1n) is 10.8. The number of hydrogen-bond donors (Lipinski definition) is 1. The van der Waals surface area contributed by atoms with Gasteiger partial charge < -0.3 is 9.84 Å². The Morgan fingerprint density at radius 2 is 1.94 bits per heavy atom. The fourth-order valence-corrected chi connectivity index (χ4v) is 6.12. The number of Topliss-reactive ketones (excluding diaryl/α,β-unsaturated/α-hetero) is 1. The van der Waals surface area contributed by atoms with Crippen molar-refractivity contribution in [3.8, 4) is 5.75 Å². The molecule has 1 aliphatic rings. The maximum Gasteiger partial charge on any atom is 0.301 e. The first-order valence-corrected chi connectivity index (χ1v) is 12.5. The van der Waals surface area contributed by atoms with E-state index in [1.165, 1.54) is 34.4 Å². The second kappa shape index (κ2) is 8.85. The predicted molar refractivity (Wildman–Crippen MR) is 138 cm³/mol. The van der Waals surface area contributed by atoms with Crippen molar-refractivity contribution in [3.05, 3.63) is 85.1 Å². The Morgan fingerprint density at radius 3 is 2.61 bits per heavy atom. The molecule has 0 saturated carbocycles. The molecular weight excluding hydrogens is 502 g/mol. The number of methoxy groups -OCH3 is 1. The molecule has 1 atom stereocenters. The van der Waals surface area contributed by atoms with Crippen molar-refractivity contribution < 1.29 is 24.4 Å². The van der Waals surface area contributed by atoms with E-state index in [-0.39, 0.29) is 22.2 Å². The van der Waals surface area contributed by atoms with Gasteiger partial charge in [-0.25, -0.2) is 4.98 Å². The van der Waals surface area contributed by atoms with Crippen LogP contribution in [0.2, 0.25) is 0 Å². The predicted octanol–water partition coefficient (Wildman–Crippen LogP) is 5.52. The zero-order valence-corrected chi connectivity index (χ0v) is 21.0. The number of benzene rings is 2. The molecule has 2 aromatic heterocycles. The Bertz CT molecular complexity index is 1590. The number of anilines is 1. The van der Waals surface area contributed by atoms with Gasteiger partial charge in [-0.3, -0.25) is 24.6 Å². The van der Waals surface area contributed by atoms with Crippen molar-refractivity contribution in [2.24, 2.45) is 0 Å². The molecule has 11 heteroatoms. The van der Waals surface area contributed by atoms with Gasteiger partial charge >= 0.3 is 5.91 Å². The Morgan fingerprint density at radius 1 is 1.17 bits per heavy atom. The third-order valence-electron chi connectivity index (χ3n) is 6.03. The molecule has 1 saturated heterocycles. The van der Waals surface area contributed by atoms with E-state index < -0.39 is 22.7 Å². The monoisotopic (exact) mass is 521 g/mol. The van der Waals surface area contributed by atoms with Gasteiger partial charge in [0.1, 0.15) is 17.6 Å². The number of aryl methyl sites for hydroxylation is 2. The van der Waals surface area contributed by atoms with Crippen molar-refractivity contribution in [2.75, 3.05) is 12.0 Å². The van der Waals surface area contributed by atoms with Crippen molar-refractivity contribution in [1.29, 1.82) is 0 Å². The molecule has 2 aromatic carbocycles. The van der Waals surface area contributed by atoms with Gasteiger partial charge in [0.05, 0.1) is 27.8 Å². The number of carbonyl (C=O) groups is 2. The maximum atomic E-state index is 13.3. The highest BCUT2D eigenvalue weighted by molar-refractivity contribution is 7.22. The number of nitro groups is 1. The minimum Gasteiger partial charge on any atom is -0.507 e. The number of aromatic nitrogens is 1. The molecule has 1 unspecified atom stereocenters. The number of nitrogens with zero attached hydrogens (tertiary/aromatic N) is 3. The smallest absolute Gasteiger partial charge is 0.301 e. The standard InChI is InChI=1S/C25H19N3O6S2/c1-12-10-17(34-3)13(2)9-15(12)22(29)20-21(18-5-4-8-35-18)27(24(31)23(20)30)25-26-16-7-6-14(28(32)33)11-19(16)36-25/h4-11,21,29H,1-3H3/b22-20+. The Balaban J connectivity index is 1.70. The van der Waals surface area contributed by atoms with Gasteiger partial charge in [-0.15, -0.1) is 11.3 Å². The normalized spacial score (nSPS) is 17.2. The van der Waals surface area contributed by atoms with Gasteiger partial charge in [0.15, 0.2) is 5.13 Å². The average molecular weight is 522 g/mol. The van der Waals surface area contributed by atoms with Gasteiger partial charge in [0.25, 0.3) is 11.5 Å². The van der Waals surface area contributed by atoms with Crippen molar-refractivity contribution in [3.63, 3.8) is 0 Å². The van der Waals surface area contributed by atoms with E-state index >= 15 is 0 Å². The molecule has 1 fully saturated rings. The number of ether oxygens (including phenoxy) is 1. The summed E-state index contributed by atoms with van der Waals surface area (Å²) in [4.78, 5) is 43.8. The van der Waals surface area contributed by atoms with Gasteiger partial charge in [-0.1, -0.05) is 17.4 Å². The zero-order chi connectivity index (χ0) is 25.7. The average Bonchev–Trinajstić information content (AvgIpc) is 3.58. The molecule has 0 spiro atoms. The van der Waals surface area contributed by atoms with E-state index in [0.29, 0.717) is 32.0 Å². The van der Waals surface area contributed by atoms with Crippen LogP contribution < -0.4 is 9.64 Å². The molecular formula is C25H19N3O6S2. The maximum absolute atomic E-state index is 13.3. The second-order valence-electron chi connectivity index (χ2n) is 8.23. The number of amides is 1. The highest BCUT2D eigenvalue weighted by atomic mass is 32.1. The van der Waals surface area contributed by atoms with Crippen LogP contribution in [0.1, 0.15) is 27.6 Å². The quantitative estimate of drug-likeness (QED) is 0.121. The number of hydrogen-bond acceptors (Lipinski definition) is 9. The molecule has 0 aliphatic carbocycles. The number of carbonyl (C=O) groups excluding carboxylic acids is 2. The molecule has 0 radical (unpaired) electrons. The van der Waals surface area contributed by atoms with Crippen LogP contribution in [0.4, 0.5) is 10.8 Å². The van der Waals surface area contributed by atoms with Gasteiger partial charge in [0.2, 0.25) is 0 Å². The Labute approximate surface area is 213 Å². The van der Waals surface area contributed by atoms with E-state index in [1.807, 2.05) is 12.3 Å². The number of non-ortho nitro benzene ring substituents is 1. The third kappa shape index (κ3) is 3.73. The summed E-state index contributed by atoms with van der Waals surface area (Å²) < 4.78 is 5.86. The summed E-state index contributed by atoms with van der Waals surface area (Å²) >= 11 is 2.42. The fraction of sp³-hybridized carbons (Fsp3) is 0.160. The van der Waals surface area contributed by atoms with Crippen molar-refractivity contribution in [2.45, 2.75) is 19.9 Å². The molecule has 4 aromatic rings. The van der Waals surface area contributed by atoms with Crippen LogP contribution in [0.25, 0.3) is 16.0 Å². The van der Waals surface area contributed by atoms with Crippen LogP contribution in [0.15, 0.2) is 53.4 Å². The highest BCUT2D eigenvalue weighted by Gasteiger charge is 2.48. The molecule has 182 valence electrons. The summed E-state index contributed by atoms with van der Waals surface area (Å²) in [5, 5.41) is 24.6. The molecule has 36 heavy (non-hydrogen) atoms. The SMILES string of the molecule is COc1cc(C)c(/C(O)=C2\C(=O)C(=O)N(c3nc4ccc([N+](=O)[O-])cc4s3)C2c2cccs2)cc1C. The number of aliphatic hydroxyl groups excluding tert-OH is 1. The lowest BCUT2D eigenvalue weighted by Gasteiger charge is -2.21. The first-order chi connectivity index (χ1) is 17.2. The van der Waals surface area contributed by atoms with E-state index in [2.05, 4.69) is 4.98 Å². The van der Waals surface area contributed by atoms with Crippen LogP contribution in [0.3, 0.4) is 0 Å². The van der Waals surface area contributed by atoms with Crippen LogP contribution in [0.5, 0.6) is 5.75 Å². The van der Waals surface area contributed by atoms with Gasteiger partial charge in [-0.2, -0.15) is 0 Å². The highest BCUT2D eigenvalue weighted by Crippen LogP contribution is 2.46. The minimum atomic E-state index is -0.901. The Hall–Kier alpha value is -4.09. The lowest BCUT2D eigenvalue weighted by molar-refractivity contribution is -0.384. The minimum absolute atomic E-state index is 0.0413. The second-order valence-corrected chi connectivity index (χ2v) is 10.2. The van der Waals surface area contributed by atoms with Crippen LogP contribution in [0, 0.1) is 24.0 Å². The largest absolute Gasteiger partial charge is 0.507 e. The fourth-order valence-electron chi connectivity index (χ4n) is 4.27. The van der Waals surface area contributed by atoms with Gasteiger partial charge in [0, 0.05) is 22.6 Å². The van der Waals surface area contributed by atoms with Gasteiger partial charge in [-0.05, 0) is 54.6 Å². The zero-order valence-electron chi connectivity index (χ0n) is 19.3. The number of thiophene rings is 1. The number of rotatable bonds is 5. The lowest BCUT2D eigenvalue weighted by Crippen LogP contribution is -2.28. The Kier molecular flexibility index (Phi) is 5.81. The molecule has 1 N–H and O–H groups in total. The topological polar surface area (TPSA) is 123 Å². The molecule has 1 amide bonds. The summed E-state index contributed by atoms with van der Waals surface area (Å²) in [5.41, 5.74) is 2.19. The summed E-state index contributed by atoms with van der Waals surface area (Å²) in [6, 6.07) is 10.4. The molecule has 1 aliphatic heterocycles. The van der Waals surface area contributed by atoms with E-state index in [9.17, 15) is 24.8 Å². The van der Waals surface area contributed by atoms with Crippen LogP contribution in [-0.4, -0.2) is 33.8 Å². The molecule has 5 rings (SSSR count). The van der Waals surface area contributed by atoms with E-state index in [0.717, 1.165) is 16.9 Å². The summed E-state index contributed by atoms with van der Waals surface area (Å²) in [6.07, 6.45) is 0. The summed E-state index contributed by atoms with van der Waals surface area (Å²) in [6.45, 7) is 3.61. The number of aliphatic hydroxyl groups is 1. The van der Waals surface area contributed by atoms with Crippen LogP contribution in [-0.2, 0) is 9.59 Å². The van der Waals surface area contributed by atoms with Crippen LogP contribution >= 0.6 is 22.7 Å². The molecule has 3 heterocycles. The number of thiazole rings is 1. The van der Waals surface area contributed by atoms with Crippen molar-refractivity contribution >= 4 is 61.2 Å². The first kappa shape index (κ1) is 23.6. The summed E-state index contributed by atoms with van der Waals surface area (Å²) in [5.74, 6) is -1.30. The molecule has 0 bridgehead atoms. The number of nitro benzene ring substituents is 1. The van der Waals surface area contributed by atoms with E-state index in [4.69, 9.17) is 4.74 Å². The lowest BCUT2D eigenvalue weighted by atomic mass is 9.96. The van der Waals surface area contributed by atoms with E-state index in [1.54, 1.807) is 38.3 Å². The summed E-state index contributed by atoms with van der Waals surface area (Å²) in [7, 11) is 1.55. The van der Waals surface area contributed by atoms with Crippen molar-refractivity contribution in [1.82, 2.24) is 4.98 Å². The third-order valence-corrected chi connectivity index (χ3v) is 7.97. The number of fused-ring (bicyclic) bond motifs is 1. The number of ketones is 1.